The van der Waals surface area contributed by atoms with Gasteiger partial charge in [-0.1, -0.05) is 6.07 Å². The molecule has 3 heterocycles. The third kappa shape index (κ3) is 2.43. The number of hydrogen-bond acceptors (Lipinski definition) is 4. The summed E-state index contributed by atoms with van der Waals surface area (Å²) < 4.78 is 12.0. The minimum absolute atomic E-state index is 0.0398. The van der Waals surface area contributed by atoms with Crippen molar-refractivity contribution >= 4 is 5.91 Å². The Bertz CT molecular complexity index is 775. The molecule has 1 saturated carbocycles. The number of hydrogen-bond donors (Lipinski definition) is 1. The van der Waals surface area contributed by atoms with Gasteiger partial charge in [-0.3, -0.25) is 4.79 Å². The van der Waals surface area contributed by atoms with Gasteiger partial charge in [0.2, 0.25) is 0 Å². The van der Waals surface area contributed by atoms with Gasteiger partial charge in [-0.2, -0.15) is 0 Å². The molecule has 3 aliphatic heterocycles. The summed E-state index contributed by atoms with van der Waals surface area (Å²) in [6, 6.07) is 4.54. The Balaban J connectivity index is 1.63. The fraction of sp³-hybridized carbons (Fsp3) is 0.682. The molecular weight excluding hydrogens is 340 g/mol. The summed E-state index contributed by atoms with van der Waals surface area (Å²) in [7, 11) is 1.68. The number of piperidine rings is 1. The fourth-order valence-electron chi connectivity index (χ4n) is 6.03. The summed E-state index contributed by atoms with van der Waals surface area (Å²) in [5.74, 6) is 2.88. The Morgan fingerprint density at radius 2 is 2.15 bits per heavy atom. The lowest BCUT2D eigenvalue weighted by Gasteiger charge is -2.51. The first-order chi connectivity index (χ1) is 13.1. The lowest BCUT2D eigenvalue weighted by molar-refractivity contribution is -0.131. The molecule has 0 bridgehead atoms. The number of benzene rings is 1. The molecule has 1 N–H and O–H groups in total. The Kier molecular flexibility index (Phi) is 3.94. The minimum Gasteiger partial charge on any atom is -0.493 e. The summed E-state index contributed by atoms with van der Waals surface area (Å²) in [5.41, 5.74) is 2.20. The normalized spacial score (nSPS) is 35.4. The Hall–Kier alpha value is -1.75. The maximum absolute atomic E-state index is 13.0. The van der Waals surface area contributed by atoms with Crippen molar-refractivity contribution in [1.29, 1.82) is 0 Å². The molecule has 5 rings (SSSR count). The number of methoxy groups -OCH3 is 1. The molecule has 0 aromatic heterocycles. The second kappa shape index (κ2) is 6.13. The smallest absolute Gasteiger partial charge is 0.262 e. The fourth-order valence-corrected chi connectivity index (χ4v) is 6.03. The van der Waals surface area contributed by atoms with Crippen LogP contribution in [0.15, 0.2) is 12.1 Å². The van der Waals surface area contributed by atoms with E-state index in [0.29, 0.717) is 12.0 Å². The third-order valence-electron chi connectivity index (χ3n) is 7.53. The molecular formula is C22H30N2O3. The highest BCUT2D eigenvalue weighted by Gasteiger charge is 2.62. The van der Waals surface area contributed by atoms with Crippen LogP contribution in [0.5, 0.6) is 11.5 Å². The van der Waals surface area contributed by atoms with Gasteiger partial charge in [-0.05, 0) is 69.5 Å². The van der Waals surface area contributed by atoms with Gasteiger partial charge in [0.25, 0.3) is 5.91 Å². The molecule has 146 valence electrons. The van der Waals surface area contributed by atoms with E-state index in [4.69, 9.17) is 9.47 Å². The Morgan fingerprint density at radius 1 is 1.33 bits per heavy atom. The number of nitrogens with one attached hydrogen (secondary N) is 1. The first kappa shape index (κ1) is 17.4. The summed E-state index contributed by atoms with van der Waals surface area (Å²) in [5, 5.41) is 3.12. The first-order valence-electron chi connectivity index (χ1n) is 10.4. The standard InChI is InChI=1S/C22H30N2O3/c1-13-4-7-17(26-3)19-18(13)22-9-11-24(12-15-5-6-15)14(2)16(22)8-10-23-21(25)20(22)27-19/h4,7,14-16,20H,5-6,8-12H2,1-3H3,(H,23,25)/t14?,16?,20-,22?/m0/s1. The highest BCUT2D eigenvalue weighted by atomic mass is 16.5. The second-order valence-electron chi connectivity index (χ2n) is 8.94. The van der Waals surface area contributed by atoms with Crippen LogP contribution in [0.1, 0.15) is 43.7 Å². The van der Waals surface area contributed by atoms with Crippen LogP contribution in [-0.2, 0) is 10.2 Å². The Labute approximate surface area is 161 Å². The van der Waals surface area contributed by atoms with Gasteiger partial charge in [-0.25, -0.2) is 0 Å². The molecule has 1 amide bonds. The van der Waals surface area contributed by atoms with Crippen LogP contribution in [0, 0.1) is 18.8 Å². The molecule has 27 heavy (non-hydrogen) atoms. The maximum Gasteiger partial charge on any atom is 0.262 e. The molecule has 4 aliphatic rings. The average molecular weight is 370 g/mol. The summed E-state index contributed by atoms with van der Waals surface area (Å²) in [4.78, 5) is 15.7. The van der Waals surface area contributed by atoms with Crippen LogP contribution in [-0.4, -0.2) is 49.7 Å². The van der Waals surface area contributed by atoms with Crippen molar-refractivity contribution in [1.82, 2.24) is 10.2 Å². The van der Waals surface area contributed by atoms with Gasteiger partial charge in [0.05, 0.1) is 12.5 Å². The van der Waals surface area contributed by atoms with Crippen molar-refractivity contribution < 1.29 is 14.3 Å². The average Bonchev–Trinajstić information content (AvgIpc) is 3.43. The van der Waals surface area contributed by atoms with Crippen molar-refractivity contribution in [2.75, 3.05) is 26.7 Å². The molecule has 0 radical (unpaired) electrons. The summed E-state index contributed by atoms with van der Waals surface area (Å²) >= 11 is 0. The monoisotopic (exact) mass is 370 g/mol. The molecule has 1 spiro atoms. The van der Waals surface area contributed by atoms with E-state index in [1.807, 2.05) is 6.07 Å². The zero-order valence-corrected chi connectivity index (χ0v) is 16.6. The number of likely N-dealkylation sites (tertiary alicyclic amines) is 1. The van der Waals surface area contributed by atoms with E-state index >= 15 is 0 Å². The number of fused-ring (bicyclic) bond motifs is 1. The SMILES string of the molecule is COc1ccc(C)c2c1O[C@H]1C(=O)NCCC3C(C)N(CC4CC4)CCC231. The number of ether oxygens (including phenoxy) is 2. The molecule has 3 unspecified atom stereocenters. The quantitative estimate of drug-likeness (QED) is 0.889. The lowest BCUT2D eigenvalue weighted by atomic mass is 9.59. The van der Waals surface area contributed by atoms with E-state index in [0.717, 1.165) is 43.3 Å². The number of nitrogens with zero attached hydrogens (tertiary/aromatic N) is 1. The van der Waals surface area contributed by atoms with E-state index in [2.05, 4.69) is 30.1 Å². The van der Waals surface area contributed by atoms with Gasteiger partial charge in [0.15, 0.2) is 17.6 Å². The van der Waals surface area contributed by atoms with Crippen LogP contribution in [0.2, 0.25) is 0 Å². The molecule has 1 aromatic carbocycles. The summed E-state index contributed by atoms with van der Waals surface area (Å²) in [6.45, 7) is 7.52. The zero-order valence-electron chi connectivity index (χ0n) is 16.6. The van der Waals surface area contributed by atoms with Crippen molar-refractivity contribution in [2.45, 2.75) is 57.1 Å². The topological polar surface area (TPSA) is 50.8 Å². The van der Waals surface area contributed by atoms with Gasteiger partial charge in [0.1, 0.15) is 0 Å². The number of carbonyl (C=O) groups excluding carboxylic acids is 1. The molecule has 1 aliphatic carbocycles. The zero-order chi connectivity index (χ0) is 18.8. The minimum atomic E-state index is -0.444. The lowest BCUT2D eigenvalue weighted by Crippen LogP contribution is -2.60. The molecule has 4 atom stereocenters. The number of aryl methyl sites for hydroxylation is 1. The van der Waals surface area contributed by atoms with Crippen molar-refractivity contribution in [3.63, 3.8) is 0 Å². The van der Waals surface area contributed by atoms with E-state index < -0.39 is 6.10 Å². The second-order valence-corrected chi connectivity index (χ2v) is 8.94. The number of rotatable bonds is 3. The van der Waals surface area contributed by atoms with E-state index in [1.165, 1.54) is 30.5 Å². The Morgan fingerprint density at radius 3 is 2.89 bits per heavy atom. The highest BCUT2D eigenvalue weighted by molar-refractivity contribution is 5.86. The predicted octanol–water partition coefficient (Wildman–Crippen LogP) is 2.64. The predicted molar refractivity (Wildman–Crippen MR) is 103 cm³/mol. The van der Waals surface area contributed by atoms with E-state index in [9.17, 15) is 4.79 Å². The largest absolute Gasteiger partial charge is 0.493 e. The van der Waals surface area contributed by atoms with Crippen LogP contribution in [0.25, 0.3) is 0 Å². The van der Waals surface area contributed by atoms with Gasteiger partial charge < -0.3 is 19.7 Å². The summed E-state index contributed by atoms with van der Waals surface area (Å²) in [6.07, 6.45) is 4.30. The van der Waals surface area contributed by atoms with Crippen molar-refractivity contribution in [2.24, 2.45) is 11.8 Å². The van der Waals surface area contributed by atoms with Crippen LogP contribution in [0.3, 0.4) is 0 Å². The van der Waals surface area contributed by atoms with Gasteiger partial charge in [0, 0.05) is 24.7 Å². The van der Waals surface area contributed by atoms with Crippen LogP contribution in [0.4, 0.5) is 0 Å². The van der Waals surface area contributed by atoms with Crippen LogP contribution < -0.4 is 14.8 Å². The number of carbonyl (C=O) groups is 1. The van der Waals surface area contributed by atoms with Crippen molar-refractivity contribution in [3.8, 4) is 11.5 Å². The molecule has 3 fully saturated rings. The molecule has 1 aromatic rings. The molecule has 5 heteroatoms. The molecule has 2 saturated heterocycles. The van der Waals surface area contributed by atoms with Gasteiger partial charge in [-0.15, -0.1) is 0 Å². The van der Waals surface area contributed by atoms with Crippen molar-refractivity contribution in [3.05, 3.63) is 23.3 Å². The number of amides is 1. The highest BCUT2D eigenvalue weighted by Crippen LogP contribution is 2.58. The maximum atomic E-state index is 13.0. The van der Waals surface area contributed by atoms with E-state index in [1.54, 1.807) is 7.11 Å². The van der Waals surface area contributed by atoms with Crippen LogP contribution >= 0.6 is 0 Å². The first-order valence-corrected chi connectivity index (χ1v) is 10.4. The van der Waals surface area contributed by atoms with Gasteiger partial charge >= 0.3 is 0 Å². The molecule has 5 nitrogen and oxygen atoms in total. The third-order valence-corrected chi connectivity index (χ3v) is 7.53. The van der Waals surface area contributed by atoms with E-state index in [-0.39, 0.29) is 11.3 Å².